The summed E-state index contributed by atoms with van der Waals surface area (Å²) in [6.07, 6.45) is 0.274. The van der Waals surface area contributed by atoms with E-state index in [-0.39, 0.29) is 36.4 Å². The Kier molecular flexibility index (Phi) is 5.79. The van der Waals surface area contributed by atoms with E-state index in [0.29, 0.717) is 13.0 Å². The van der Waals surface area contributed by atoms with Crippen molar-refractivity contribution < 1.29 is 23.1 Å². The number of carbonyl (C=O) groups is 2. The average Bonchev–Trinajstić information content (AvgIpc) is 2.48. The van der Waals surface area contributed by atoms with E-state index in [9.17, 15) is 18.0 Å². The van der Waals surface area contributed by atoms with Gasteiger partial charge in [-0.15, -0.1) is 0 Å². The number of aliphatic carboxylic acids is 1. The highest BCUT2D eigenvalue weighted by Crippen LogP contribution is 2.09. The maximum atomic E-state index is 12.1. The molecule has 7 nitrogen and oxygen atoms in total. The Morgan fingerprint density at radius 2 is 1.90 bits per heavy atom. The summed E-state index contributed by atoms with van der Waals surface area (Å²) >= 11 is 0. The van der Waals surface area contributed by atoms with E-state index in [2.05, 4.69) is 5.32 Å². The molecule has 8 heteroatoms. The van der Waals surface area contributed by atoms with Crippen LogP contribution in [0.2, 0.25) is 0 Å². The molecule has 116 valence electrons. The Morgan fingerprint density at radius 1 is 1.25 bits per heavy atom. The first-order chi connectivity index (χ1) is 9.21. The smallest absolute Gasteiger partial charge is 0.317 e. The molecule has 0 aromatic heterocycles. The van der Waals surface area contributed by atoms with Gasteiger partial charge in [-0.05, 0) is 12.3 Å². The molecule has 0 bridgehead atoms. The summed E-state index contributed by atoms with van der Waals surface area (Å²) in [7, 11) is -3.07. The number of amides is 2. The van der Waals surface area contributed by atoms with E-state index >= 15 is 0 Å². The highest BCUT2D eigenvalue weighted by molar-refractivity contribution is 7.91. The topological polar surface area (TPSA) is 104 Å². The second-order valence-electron chi connectivity index (χ2n) is 5.39. The molecule has 0 radical (unpaired) electrons. The van der Waals surface area contributed by atoms with Crippen LogP contribution in [0.4, 0.5) is 4.79 Å². The number of rotatable bonds is 4. The third-order valence-electron chi connectivity index (χ3n) is 3.35. The number of sulfone groups is 1. The zero-order valence-corrected chi connectivity index (χ0v) is 12.6. The fraction of sp³-hybridized carbons (Fsp3) is 0.833. The lowest BCUT2D eigenvalue weighted by Gasteiger charge is -2.26. The third kappa shape index (κ3) is 5.36. The fourth-order valence-corrected chi connectivity index (χ4v) is 3.30. The van der Waals surface area contributed by atoms with Crippen LogP contribution in [0.3, 0.4) is 0 Å². The summed E-state index contributed by atoms with van der Waals surface area (Å²) in [5.74, 6) is -0.918. The van der Waals surface area contributed by atoms with E-state index in [0.717, 1.165) is 0 Å². The van der Waals surface area contributed by atoms with Crippen LogP contribution in [0.5, 0.6) is 0 Å². The Bertz CT molecular complexity index is 460. The van der Waals surface area contributed by atoms with Crippen molar-refractivity contribution in [1.82, 2.24) is 10.2 Å². The molecule has 1 fully saturated rings. The second kappa shape index (κ2) is 6.92. The van der Waals surface area contributed by atoms with Crippen molar-refractivity contribution in [2.24, 2.45) is 5.92 Å². The molecule has 1 aliphatic heterocycles. The Morgan fingerprint density at radius 3 is 2.45 bits per heavy atom. The predicted octanol–water partition coefficient (Wildman–Crippen LogP) is 0.316. The summed E-state index contributed by atoms with van der Waals surface area (Å²) in [6.45, 7) is 4.20. The molecule has 20 heavy (non-hydrogen) atoms. The minimum Gasteiger partial charge on any atom is -0.481 e. The number of urea groups is 1. The minimum absolute atomic E-state index is 0.00855. The van der Waals surface area contributed by atoms with Gasteiger partial charge < -0.3 is 15.3 Å². The number of nitrogens with zero attached hydrogens (tertiary/aromatic N) is 1. The van der Waals surface area contributed by atoms with Crippen molar-refractivity contribution in [3.8, 4) is 0 Å². The molecule has 0 saturated carbocycles. The monoisotopic (exact) mass is 306 g/mol. The molecule has 2 amide bonds. The average molecular weight is 306 g/mol. The van der Waals surface area contributed by atoms with E-state index in [1.165, 1.54) is 4.90 Å². The van der Waals surface area contributed by atoms with Gasteiger partial charge in [-0.25, -0.2) is 13.2 Å². The maximum Gasteiger partial charge on any atom is 0.317 e. The first kappa shape index (κ1) is 16.7. The zero-order valence-electron chi connectivity index (χ0n) is 11.8. The molecule has 0 aliphatic carbocycles. The minimum atomic E-state index is -3.07. The normalized spacial score (nSPS) is 20.2. The predicted molar refractivity (Wildman–Crippen MR) is 74.3 cm³/mol. The van der Waals surface area contributed by atoms with Crippen molar-refractivity contribution in [2.45, 2.75) is 32.7 Å². The summed E-state index contributed by atoms with van der Waals surface area (Å²) in [5.41, 5.74) is 0. The second-order valence-corrected chi connectivity index (χ2v) is 7.69. The standard InChI is InChI=1S/C12H22N2O5S/c1-9(2)10(8-11(15)16)13-12(17)14-4-3-6-20(18,19)7-5-14/h9-10H,3-8H2,1-2H3,(H,13,17)(H,15,16). The van der Waals surface area contributed by atoms with Gasteiger partial charge in [0.15, 0.2) is 9.84 Å². The quantitative estimate of drug-likeness (QED) is 0.778. The van der Waals surface area contributed by atoms with Crippen LogP contribution in [0.25, 0.3) is 0 Å². The highest BCUT2D eigenvalue weighted by atomic mass is 32.2. The van der Waals surface area contributed by atoms with Crippen LogP contribution in [-0.2, 0) is 14.6 Å². The molecular formula is C12H22N2O5S. The van der Waals surface area contributed by atoms with Gasteiger partial charge in [0.1, 0.15) is 0 Å². The molecule has 0 aromatic carbocycles. The molecule has 1 rings (SSSR count). The fourth-order valence-electron chi connectivity index (χ4n) is 2.03. The Balaban J connectivity index is 2.62. The van der Waals surface area contributed by atoms with Gasteiger partial charge in [-0.3, -0.25) is 4.79 Å². The third-order valence-corrected chi connectivity index (χ3v) is 5.07. The number of carboxylic acids is 1. The van der Waals surface area contributed by atoms with Crippen LogP contribution in [0.1, 0.15) is 26.7 Å². The summed E-state index contributed by atoms with van der Waals surface area (Å²) < 4.78 is 23.0. The largest absolute Gasteiger partial charge is 0.481 e. The van der Waals surface area contributed by atoms with E-state index < -0.39 is 21.8 Å². The summed E-state index contributed by atoms with van der Waals surface area (Å²) in [5, 5.41) is 11.5. The molecule has 1 atom stereocenters. The molecule has 0 spiro atoms. The van der Waals surface area contributed by atoms with Crippen LogP contribution in [0.15, 0.2) is 0 Å². The lowest BCUT2D eigenvalue weighted by atomic mass is 10.0. The molecule has 0 aromatic rings. The van der Waals surface area contributed by atoms with Crippen molar-refractivity contribution >= 4 is 21.8 Å². The Hall–Kier alpha value is -1.31. The lowest BCUT2D eigenvalue weighted by molar-refractivity contribution is -0.137. The van der Waals surface area contributed by atoms with Crippen molar-refractivity contribution in [1.29, 1.82) is 0 Å². The Labute approximate surface area is 119 Å². The van der Waals surface area contributed by atoms with Gasteiger partial charge in [0.05, 0.1) is 17.9 Å². The van der Waals surface area contributed by atoms with Gasteiger partial charge in [0, 0.05) is 19.1 Å². The van der Waals surface area contributed by atoms with Crippen molar-refractivity contribution in [2.75, 3.05) is 24.6 Å². The van der Waals surface area contributed by atoms with Crippen LogP contribution < -0.4 is 5.32 Å². The van der Waals surface area contributed by atoms with Crippen molar-refractivity contribution in [3.05, 3.63) is 0 Å². The molecule has 1 aliphatic rings. The van der Waals surface area contributed by atoms with Gasteiger partial charge >= 0.3 is 12.0 Å². The van der Waals surface area contributed by atoms with Gasteiger partial charge in [0.2, 0.25) is 0 Å². The highest BCUT2D eigenvalue weighted by Gasteiger charge is 2.25. The maximum absolute atomic E-state index is 12.1. The van der Waals surface area contributed by atoms with E-state index in [4.69, 9.17) is 5.11 Å². The van der Waals surface area contributed by atoms with Gasteiger partial charge in [0.25, 0.3) is 0 Å². The molecule has 2 N–H and O–H groups in total. The van der Waals surface area contributed by atoms with Crippen molar-refractivity contribution in [3.63, 3.8) is 0 Å². The summed E-state index contributed by atoms with van der Waals surface area (Å²) in [6, 6.07) is -0.845. The van der Waals surface area contributed by atoms with Crippen LogP contribution in [-0.4, -0.2) is 61.1 Å². The first-order valence-electron chi connectivity index (χ1n) is 6.69. The lowest BCUT2D eigenvalue weighted by Crippen LogP contribution is -2.48. The number of nitrogens with one attached hydrogen (secondary N) is 1. The molecule has 1 saturated heterocycles. The number of carboxylic acid groups (broad SMARTS) is 1. The molecule has 1 heterocycles. The van der Waals surface area contributed by atoms with E-state index in [1.54, 1.807) is 0 Å². The zero-order chi connectivity index (χ0) is 15.3. The van der Waals surface area contributed by atoms with Crippen LogP contribution in [0, 0.1) is 5.92 Å². The number of hydrogen-bond acceptors (Lipinski definition) is 4. The summed E-state index contributed by atoms with van der Waals surface area (Å²) in [4.78, 5) is 24.3. The number of hydrogen-bond donors (Lipinski definition) is 2. The van der Waals surface area contributed by atoms with Gasteiger partial charge in [-0.2, -0.15) is 0 Å². The van der Waals surface area contributed by atoms with Crippen LogP contribution >= 0.6 is 0 Å². The van der Waals surface area contributed by atoms with E-state index in [1.807, 2.05) is 13.8 Å². The van der Waals surface area contributed by atoms with Gasteiger partial charge in [-0.1, -0.05) is 13.8 Å². The SMILES string of the molecule is CC(C)C(CC(=O)O)NC(=O)N1CCCS(=O)(=O)CC1. The first-order valence-corrected chi connectivity index (χ1v) is 8.51. The number of carbonyl (C=O) groups excluding carboxylic acids is 1. The molecular weight excluding hydrogens is 284 g/mol. The molecule has 1 unspecified atom stereocenters.